The van der Waals surface area contributed by atoms with Crippen LogP contribution in [0, 0.1) is 6.92 Å². The highest BCUT2D eigenvalue weighted by Gasteiger charge is 2.23. The molecule has 1 saturated carbocycles. The summed E-state index contributed by atoms with van der Waals surface area (Å²) in [6, 6.07) is 7.82. The van der Waals surface area contributed by atoms with Crippen molar-refractivity contribution in [3.63, 3.8) is 0 Å². The molecule has 0 spiro atoms. The standard InChI is InChI=1S/C16H24N2O3S/c1-13-7-3-4-8-14(13)11-18(22(2,20)21)12-16(19)17-15-9-5-6-10-15/h3-4,7-8,15H,5-6,9-12H2,1-2H3,(H,17,19). The number of nitrogens with zero attached hydrogens (tertiary/aromatic N) is 1. The van der Waals surface area contributed by atoms with E-state index in [4.69, 9.17) is 0 Å². The van der Waals surface area contributed by atoms with Crippen LogP contribution < -0.4 is 5.32 Å². The van der Waals surface area contributed by atoms with E-state index in [-0.39, 0.29) is 25.0 Å². The fourth-order valence-corrected chi connectivity index (χ4v) is 3.50. The molecule has 122 valence electrons. The Kier molecular flexibility index (Phi) is 5.58. The molecule has 0 saturated heterocycles. The summed E-state index contributed by atoms with van der Waals surface area (Å²) in [7, 11) is -3.44. The molecule has 22 heavy (non-hydrogen) atoms. The summed E-state index contributed by atoms with van der Waals surface area (Å²) < 4.78 is 25.2. The van der Waals surface area contributed by atoms with Gasteiger partial charge in [-0.25, -0.2) is 8.42 Å². The zero-order valence-electron chi connectivity index (χ0n) is 13.2. The van der Waals surface area contributed by atoms with E-state index < -0.39 is 10.0 Å². The Morgan fingerprint density at radius 2 is 1.91 bits per heavy atom. The molecule has 0 unspecified atom stereocenters. The Bertz CT molecular complexity index is 622. The van der Waals surface area contributed by atoms with Crippen LogP contribution in [0.4, 0.5) is 0 Å². The third-order valence-electron chi connectivity index (χ3n) is 4.12. The summed E-state index contributed by atoms with van der Waals surface area (Å²) in [6.07, 6.45) is 5.38. The van der Waals surface area contributed by atoms with E-state index >= 15 is 0 Å². The number of amides is 1. The molecule has 1 aromatic carbocycles. The maximum atomic E-state index is 12.1. The van der Waals surface area contributed by atoms with Crippen molar-refractivity contribution in [2.75, 3.05) is 12.8 Å². The number of nitrogens with one attached hydrogen (secondary N) is 1. The first-order valence-electron chi connectivity index (χ1n) is 7.65. The summed E-state index contributed by atoms with van der Waals surface area (Å²) in [4.78, 5) is 12.1. The van der Waals surface area contributed by atoms with Crippen molar-refractivity contribution in [1.29, 1.82) is 0 Å². The van der Waals surface area contributed by atoms with Gasteiger partial charge < -0.3 is 5.32 Å². The van der Waals surface area contributed by atoms with Gasteiger partial charge in [0.15, 0.2) is 0 Å². The molecule has 1 aliphatic carbocycles. The third kappa shape index (κ3) is 4.81. The van der Waals surface area contributed by atoms with Crippen LogP contribution in [-0.2, 0) is 21.4 Å². The van der Waals surface area contributed by atoms with Gasteiger partial charge in [-0.3, -0.25) is 4.79 Å². The first-order valence-corrected chi connectivity index (χ1v) is 9.50. The molecular weight excluding hydrogens is 300 g/mol. The van der Waals surface area contributed by atoms with Crippen molar-refractivity contribution in [2.24, 2.45) is 0 Å². The lowest BCUT2D eigenvalue weighted by molar-refractivity contribution is -0.122. The van der Waals surface area contributed by atoms with Crippen molar-refractivity contribution in [2.45, 2.75) is 45.2 Å². The van der Waals surface area contributed by atoms with Gasteiger partial charge in [-0.15, -0.1) is 0 Å². The van der Waals surface area contributed by atoms with E-state index in [1.807, 2.05) is 31.2 Å². The van der Waals surface area contributed by atoms with E-state index in [9.17, 15) is 13.2 Å². The van der Waals surface area contributed by atoms with Crippen molar-refractivity contribution in [3.8, 4) is 0 Å². The molecule has 0 atom stereocenters. The summed E-state index contributed by atoms with van der Waals surface area (Å²) in [6.45, 7) is 2.04. The number of aryl methyl sites for hydroxylation is 1. The van der Waals surface area contributed by atoms with Gasteiger partial charge in [-0.05, 0) is 30.9 Å². The Hall–Kier alpha value is -1.40. The molecule has 1 N–H and O–H groups in total. The first kappa shape index (κ1) is 17.0. The lowest BCUT2D eigenvalue weighted by Crippen LogP contribution is -2.42. The fourth-order valence-electron chi connectivity index (χ4n) is 2.77. The minimum absolute atomic E-state index is 0.121. The third-order valence-corrected chi connectivity index (χ3v) is 5.31. The van der Waals surface area contributed by atoms with Crippen molar-refractivity contribution in [3.05, 3.63) is 35.4 Å². The maximum Gasteiger partial charge on any atom is 0.235 e. The molecule has 0 bridgehead atoms. The Morgan fingerprint density at radius 1 is 1.27 bits per heavy atom. The molecule has 6 heteroatoms. The van der Waals surface area contributed by atoms with Crippen molar-refractivity contribution >= 4 is 15.9 Å². The van der Waals surface area contributed by atoms with Crippen LogP contribution in [0.2, 0.25) is 0 Å². The number of benzene rings is 1. The molecular formula is C16H24N2O3S. The van der Waals surface area contributed by atoms with Crippen LogP contribution in [0.25, 0.3) is 0 Å². The number of hydrogen-bond donors (Lipinski definition) is 1. The molecule has 2 rings (SSSR count). The molecule has 5 nitrogen and oxygen atoms in total. The molecule has 0 heterocycles. The Balaban J connectivity index is 2.03. The highest BCUT2D eigenvalue weighted by atomic mass is 32.2. The van der Waals surface area contributed by atoms with E-state index in [0.717, 1.165) is 43.1 Å². The smallest absolute Gasteiger partial charge is 0.235 e. The fraction of sp³-hybridized carbons (Fsp3) is 0.562. The lowest BCUT2D eigenvalue weighted by atomic mass is 10.1. The van der Waals surface area contributed by atoms with E-state index in [1.54, 1.807) is 0 Å². The number of rotatable bonds is 6. The average molecular weight is 324 g/mol. The first-order chi connectivity index (χ1) is 10.4. The van der Waals surface area contributed by atoms with Crippen LogP contribution in [0.15, 0.2) is 24.3 Å². The zero-order valence-corrected chi connectivity index (χ0v) is 14.0. The second-order valence-electron chi connectivity index (χ2n) is 6.01. The normalized spacial score (nSPS) is 16.1. The lowest BCUT2D eigenvalue weighted by Gasteiger charge is -2.21. The molecule has 0 aliphatic heterocycles. The van der Waals surface area contributed by atoms with E-state index in [1.165, 1.54) is 4.31 Å². The van der Waals surface area contributed by atoms with Gasteiger partial charge >= 0.3 is 0 Å². The highest BCUT2D eigenvalue weighted by molar-refractivity contribution is 7.88. The van der Waals surface area contributed by atoms with E-state index in [2.05, 4.69) is 5.32 Å². The van der Waals surface area contributed by atoms with Gasteiger partial charge in [0.2, 0.25) is 15.9 Å². The second kappa shape index (κ2) is 7.24. The van der Waals surface area contributed by atoms with Crippen LogP contribution >= 0.6 is 0 Å². The minimum Gasteiger partial charge on any atom is -0.352 e. The van der Waals surface area contributed by atoms with Gasteiger partial charge in [-0.1, -0.05) is 37.1 Å². The van der Waals surface area contributed by atoms with Crippen LogP contribution in [0.3, 0.4) is 0 Å². The Morgan fingerprint density at radius 3 is 2.50 bits per heavy atom. The van der Waals surface area contributed by atoms with Gasteiger partial charge in [0, 0.05) is 12.6 Å². The van der Waals surface area contributed by atoms with Crippen LogP contribution in [0.1, 0.15) is 36.8 Å². The molecule has 1 fully saturated rings. The van der Waals surface area contributed by atoms with Gasteiger partial charge in [0.05, 0.1) is 12.8 Å². The predicted molar refractivity (Wildman–Crippen MR) is 86.8 cm³/mol. The summed E-state index contributed by atoms with van der Waals surface area (Å²) in [5.41, 5.74) is 1.94. The van der Waals surface area contributed by atoms with Crippen molar-refractivity contribution in [1.82, 2.24) is 9.62 Å². The monoisotopic (exact) mass is 324 g/mol. The number of hydrogen-bond acceptors (Lipinski definition) is 3. The topological polar surface area (TPSA) is 66.5 Å². The maximum absolute atomic E-state index is 12.1. The largest absolute Gasteiger partial charge is 0.352 e. The van der Waals surface area contributed by atoms with Crippen molar-refractivity contribution < 1.29 is 13.2 Å². The quantitative estimate of drug-likeness (QED) is 0.868. The SMILES string of the molecule is Cc1ccccc1CN(CC(=O)NC1CCCC1)S(C)(=O)=O. The number of carbonyl (C=O) groups excluding carboxylic acids is 1. The van der Waals surface area contributed by atoms with Gasteiger partial charge in [-0.2, -0.15) is 4.31 Å². The predicted octanol–water partition coefficient (Wildman–Crippen LogP) is 1.82. The van der Waals surface area contributed by atoms with Crippen LogP contribution in [-0.4, -0.2) is 37.5 Å². The zero-order chi connectivity index (χ0) is 16.2. The van der Waals surface area contributed by atoms with E-state index in [0.29, 0.717) is 0 Å². The molecule has 1 aliphatic rings. The summed E-state index contributed by atoms with van der Waals surface area (Å²) in [5, 5.41) is 2.94. The van der Waals surface area contributed by atoms with Gasteiger partial charge in [0.1, 0.15) is 0 Å². The number of carbonyl (C=O) groups is 1. The second-order valence-corrected chi connectivity index (χ2v) is 7.99. The summed E-state index contributed by atoms with van der Waals surface area (Å²) >= 11 is 0. The highest BCUT2D eigenvalue weighted by Crippen LogP contribution is 2.18. The molecule has 0 aromatic heterocycles. The minimum atomic E-state index is -3.44. The average Bonchev–Trinajstić information content (AvgIpc) is 2.92. The molecule has 1 amide bonds. The Labute approximate surface area is 132 Å². The van der Waals surface area contributed by atoms with Crippen LogP contribution in [0.5, 0.6) is 0 Å². The van der Waals surface area contributed by atoms with Gasteiger partial charge in [0.25, 0.3) is 0 Å². The molecule has 0 radical (unpaired) electrons. The number of sulfonamides is 1. The summed E-state index contributed by atoms with van der Waals surface area (Å²) in [5.74, 6) is -0.217. The molecule has 1 aromatic rings.